The third-order valence-corrected chi connectivity index (χ3v) is 1.48. The lowest BCUT2D eigenvalue weighted by Crippen LogP contribution is -1.90. The molecule has 1 rings (SSSR count). The lowest BCUT2D eigenvalue weighted by atomic mass is 10.2. The van der Waals surface area contributed by atoms with E-state index in [0.29, 0.717) is 5.75 Å². The van der Waals surface area contributed by atoms with Crippen molar-refractivity contribution in [2.75, 3.05) is 7.11 Å². The highest BCUT2D eigenvalue weighted by atomic mass is 16.6. The maximum absolute atomic E-state index is 10.4. The van der Waals surface area contributed by atoms with Crippen molar-refractivity contribution >= 4 is 11.4 Å². The largest absolute Gasteiger partial charge is 0.496 e. The number of nitrogens with zero attached hydrogens (tertiary/aromatic N) is 2. The monoisotopic (exact) mass is 182 g/mol. The fraction of sp³-hybridized carbons (Fsp3) is 0.143. The minimum atomic E-state index is -0.681. The molecule has 0 amide bonds. The molecule has 0 saturated carbocycles. The van der Waals surface area contributed by atoms with E-state index in [9.17, 15) is 15.0 Å². The topological polar surface area (TPSA) is 81.8 Å². The second-order valence-electron chi connectivity index (χ2n) is 2.20. The molecule has 0 aliphatic heterocycles. The average molecular weight is 182 g/mol. The van der Waals surface area contributed by atoms with Crippen LogP contribution in [-0.4, -0.2) is 12.0 Å². The SMILES string of the molecule is COc1ccc(N=O)c([N+](=O)[O-])c1. The van der Waals surface area contributed by atoms with Gasteiger partial charge < -0.3 is 4.74 Å². The molecule has 68 valence electrons. The quantitative estimate of drug-likeness (QED) is 0.406. The number of benzene rings is 1. The molecule has 0 aliphatic carbocycles. The van der Waals surface area contributed by atoms with E-state index in [-0.39, 0.29) is 11.4 Å². The molecule has 0 aromatic heterocycles. The minimum Gasteiger partial charge on any atom is -0.496 e. The minimum absolute atomic E-state index is 0.203. The lowest BCUT2D eigenvalue weighted by molar-refractivity contribution is -0.384. The molecular weight excluding hydrogens is 176 g/mol. The first kappa shape index (κ1) is 9.11. The molecule has 6 heteroatoms. The van der Waals surface area contributed by atoms with E-state index in [0.717, 1.165) is 6.07 Å². The van der Waals surface area contributed by atoms with Gasteiger partial charge in [0.2, 0.25) is 0 Å². The molecule has 0 radical (unpaired) electrons. The lowest BCUT2D eigenvalue weighted by Gasteiger charge is -1.99. The summed E-state index contributed by atoms with van der Waals surface area (Å²) < 4.78 is 4.76. The highest BCUT2D eigenvalue weighted by molar-refractivity contribution is 5.59. The van der Waals surface area contributed by atoms with Crippen LogP contribution in [0.3, 0.4) is 0 Å². The summed E-state index contributed by atoms with van der Waals surface area (Å²) in [5.74, 6) is 0.319. The van der Waals surface area contributed by atoms with E-state index in [1.165, 1.54) is 19.2 Å². The van der Waals surface area contributed by atoms with Crippen molar-refractivity contribution < 1.29 is 9.66 Å². The van der Waals surface area contributed by atoms with Crippen molar-refractivity contribution in [3.8, 4) is 5.75 Å². The smallest absolute Gasteiger partial charge is 0.302 e. The Morgan fingerprint density at radius 1 is 1.54 bits per heavy atom. The Morgan fingerprint density at radius 2 is 2.23 bits per heavy atom. The van der Waals surface area contributed by atoms with Gasteiger partial charge in [-0.15, -0.1) is 4.91 Å². The van der Waals surface area contributed by atoms with Gasteiger partial charge >= 0.3 is 5.69 Å². The van der Waals surface area contributed by atoms with Crippen LogP contribution in [0.4, 0.5) is 11.4 Å². The van der Waals surface area contributed by atoms with E-state index in [4.69, 9.17) is 4.74 Å². The summed E-state index contributed by atoms with van der Waals surface area (Å²) in [6.07, 6.45) is 0. The number of hydrogen-bond acceptors (Lipinski definition) is 5. The molecule has 1 aromatic rings. The van der Waals surface area contributed by atoms with E-state index >= 15 is 0 Å². The fourth-order valence-corrected chi connectivity index (χ4v) is 0.854. The van der Waals surface area contributed by atoms with Crippen LogP contribution in [0.1, 0.15) is 0 Å². The normalized spacial score (nSPS) is 9.31. The summed E-state index contributed by atoms with van der Waals surface area (Å²) in [5, 5.41) is 12.9. The van der Waals surface area contributed by atoms with Gasteiger partial charge in [0.15, 0.2) is 5.69 Å². The van der Waals surface area contributed by atoms with Gasteiger partial charge in [-0.2, -0.15) is 0 Å². The van der Waals surface area contributed by atoms with Gasteiger partial charge in [-0.25, -0.2) is 0 Å². The van der Waals surface area contributed by atoms with Crippen LogP contribution in [-0.2, 0) is 0 Å². The third-order valence-electron chi connectivity index (χ3n) is 1.48. The van der Waals surface area contributed by atoms with Gasteiger partial charge in [0.25, 0.3) is 0 Å². The van der Waals surface area contributed by atoms with Crippen molar-refractivity contribution in [2.24, 2.45) is 5.18 Å². The van der Waals surface area contributed by atoms with Crippen LogP contribution in [0.5, 0.6) is 5.75 Å². The average Bonchev–Trinajstić information content (AvgIpc) is 2.16. The molecule has 0 fully saturated rings. The predicted molar refractivity (Wildman–Crippen MR) is 45.1 cm³/mol. The molecular formula is C7H6N2O4. The van der Waals surface area contributed by atoms with E-state index in [2.05, 4.69) is 5.18 Å². The molecule has 0 saturated heterocycles. The summed E-state index contributed by atoms with van der Waals surface area (Å²) >= 11 is 0. The Labute approximate surface area is 73.3 Å². The van der Waals surface area contributed by atoms with Gasteiger partial charge in [0, 0.05) is 0 Å². The Morgan fingerprint density at radius 3 is 2.69 bits per heavy atom. The number of ether oxygens (including phenoxy) is 1. The van der Waals surface area contributed by atoms with Crippen molar-refractivity contribution in [3.05, 3.63) is 33.2 Å². The van der Waals surface area contributed by atoms with Crippen LogP contribution < -0.4 is 4.74 Å². The van der Waals surface area contributed by atoms with Crippen molar-refractivity contribution in [1.29, 1.82) is 0 Å². The number of nitroso groups, excluding NO2 is 1. The van der Waals surface area contributed by atoms with Crippen LogP contribution in [0.15, 0.2) is 23.4 Å². The summed E-state index contributed by atoms with van der Waals surface area (Å²) in [6.45, 7) is 0. The van der Waals surface area contributed by atoms with Gasteiger partial charge in [-0.3, -0.25) is 10.1 Å². The van der Waals surface area contributed by atoms with E-state index in [1.54, 1.807) is 0 Å². The molecule has 1 aromatic carbocycles. The second kappa shape index (κ2) is 3.61. The number of rotatable bonds is 3. The molecule has 0 N–H and O–H groups in total. The number of nitro groups is 1. The van der Waals surface area contributed by atoms with Crippen LogP contribution in [0.25, 0.3) is 0 Å². The van der Waals surface area contributed by atoms with Gasteiger partial charge in [-0.05, 0) is 17.3 Å². The number of methoxy groups -OCH3 is 1. The Bertz CT molecular complexity index is 350. The molecule has 0 heterocycles. The van der Waals surface area contributed by atoms with Crippen LogP contribution in [0.2, 0.25) is 0 Å². The fourth-order valence-electron chi connectivity index (χ4n) is 0.854. The zero-order valence-electron chi connectivity index (χ0n) is 6.76. The Kier molecular flexibility index (Phi) is 2.53. The second-order valence-corrected chi connectivity index (χ2v) is 2.20. The maximum atomic E-state index is 10.4. The molecule has 13 heavy (non-hydrogen) atoms. The highest BCUT2D eigenvalue weighted by Crippen LogP contribution is 2.30. The molecule has 0 unspecified atom stereocenters. The summed E-state index contributed by atoms with van der Waals surface area (Å²) in [5.41, 5.74) is -0.555. The van der Waals surface area contributed by atoms with Gasteiger partial charge in [0.1, 0.15) is 5.75 Å². The van der Waals surface area contributed by atoms with Crippen molar-refractivity contribution in [2.45, 2.75) is 0 Å². The first-order valence-electron chi connectivity index (χ1n) is 3.35. The van der Waals surface area contributed by atoms with E-state index in [1.807, 2.05) is 0 Å². The molecule has 0 aliphatic rings. The first-order chi connectivity index (χ1) is 6.19. The molecule has 6 nitrogen and oxygen atoms in total. The predicted octanol–water partition coefficient (Wildman–Crippen LogP) is 2.00. The standard InChI is InChI=1S/C7H6N2O4/c1-13-5-2-3-6(8-10)7(4-5)9(11)12/h2-4H,1H3. The summed E-state index contributed by atoms with van der Waals surface area (Å²) in [6, 6.07) is 3.82. The third kappa shape index (κ3) is 1.78. The zero-order chi connectivity index (χ0) is 9.84. The summed E-state index contributed by atoms with van der Waals surface area (Å²) in [7, 11) is 1.38. The zero-order valence-corrected chi connectivity index (χ0v) is 6.76. The Hall–Kier alpha value is -1.98. The first-order valence-corrected chi connectivity index (χ1v) is 3.35. The number of hydrogen-bond donors (Lipinski definition) is 0. The van der Waals surface area contributed by atoms with E-state index < -0.39 is 4.92 Å². The number of nitro benzene ring substituents is 1. The van der Waals surface area contributed by atoms with Crippen LogP contribution >= 0.6 is 0 Å². The van der Waals surface area contributed by atoms with Crippen LogP contribution in [0, 0.1) is 15.0 Å². The summed E-state index contributed by atoms with van der Waals surface area (Å²) in [4.78, 5) is 19.9. The van der Waals surface area contributed by atoms with Gasteiger partial charge in [-0.1, -0.05) is 0 Å². The van der Waals surface area contributed by atoms with Crippen molar-refractivity contribution in [3.63, 3.8) is 0 Å². The van der Waals surface area contributed by atoms with Crippen molar-refractivity contribution in [1.82, 2.24) is 0 Å². The molecule has 0 bridgehead atoms. The molecule has 0 spiro atoms. The molecule has 0 atom stereocenters. The maximum Gasteiger partial charge on any atom is 0.302 e. The highest BCUT2D eigenvalue weighted by Gasteiger charge is 2.15. The van der Waals surface area contributed by atoms with Gasteiger partial charge in [0.05, 0.1) is 18.1 Å². The Balaban J connectivity index is 3.25.